The van der Waals surface area contributed by atoms with Crippen LogP contribution in [0.1, 0.15) is 34.1 Å². The molecule has 0 atom stereocenters. The molecule has 1 heteroatoms. The molecule has 82 valence electrons. The molecule has 0 radical (unpaired) electrons. The average Bonchev–Trinajstić information content (AvgIpc) is 2.17. The zero-order chi connectivity index (χ0) is 11.6. The molecule has 0 bridgehead atoms. The summed E-state index contributed by atoms with van der Waals surface area (Å²) in [6.07, 6.45) is 5.13. The largest absolute Gasteiger partial charge is 0.375 e. The summed E-state index contributed by atoms with van der Waals surface area (Å²) in [5.74, 6) is 0. The molecule has 0 saturated carbocycles. The van der Waals surface area contributed by atoms with Crippen molar-refractivity contribution in [3.8, 4) is 0 Å². The highest BCUT2D eigenvalue weighted by atomic mass is 15.1. The van der Waals surface area contributed by atoms with Crippen molar-refractivity contribution in [3.05, 3.63) is 36.6 Å². The van der Waals surface area contributed by atoms with Crippen LogP contribution in [-0.4, -0.2) is 18.5 Å². The van der Waals surface area contributed by atoms with Crippen LogP contribution in [0.5, 0.6) is 0 Å². The molecule has 0 aromatic carbocycles. The monoisotopic (exact) mass is 195 g/mol. The zero-order valence-corrected chi connectivity index (χ0v) is 10.4. The van der Waals surface area contributed by atoms with Crippen molar-refractivity contribution in [2.24, 2.45) is 0 Å². The lowest BCUT2D eigenvalue weighted by atomic mass is 10.3. The molecule has 14 heavy (non-hydrogen) atoms. The number of allylic oxidation sites excluding steroid dienone is 3. The average molecular weight is 195 g/mol. The van der Waals surface area contributed by atoms with Gasteiger partial charge in [0, 0.05) is 19.3 Å². The quantitative estimate of drug-likeness (QED) is 0.599. The fraction of sp³-hybridized carbons (Fsp3) is 0.538. The molecular weight excluding hydrogens is 170 g/mol. The molecule has 0 spiro atoms. The molecule has 0 aromatic heterocycles. The molecular formula is C13H25N. The zero-order valence-electron chi connectivity index (χ0n) is 10.4. The lowest BCUT2D eigenvalue weighted by Crippen LogP contribution is -2.16. The Bertz CT molecular complexity index is 189. The summed E-state index contributed by atoms with van der Waals surface area (Å²) in [6, 6.07) is 0. The van der Waals surface area contributed by atoms with Gasteiger partial charge in [-0.05, 0) is 19.4 Å². The Labute approximate surface area is 89.8 Å². The van der Waals surface area contributed by atoms with E-state index in [1.807, 2.05) is 32.9 Å². The van der Waals surface area contributed by atoms with E-state index in [1.165, 1.54) is 0 Å². The Kier molecular flexibility index (Phi) is 11.2. The summed E-state index contributed by atoms with van der Waals surface area (Å²) < 4.78 is 0. The van der Waals surface area contributed by atoms with Gasteiger partial charge in [-0.15, -0.1) is 0 Å². The van der Waals surface area contributed by atoms with Crippen LogP contribution in [-0.2, 0) is 0 Å². The number of hydrogen-bond donors (Lipinski definition) is 0. The smallest absolute Gasteiger partial charge is 0.0290 e. The molecule has 0 aliphatic carbocycles. The predicted molar refractivity (Wildman–Crippen MR) is 67.4 cm³/mol. The van der Waals surface area contributed by atoms with Gasteiger partial charge in [0.1, 0.15) is 0 Å². The first-order chi connectivity index (χ1) is 6.57. The second kappa shape index (κ2) is 10.1. The van der Waals surface area contributed by atoms with Crippen molar-refractivity contribution < 1.29 is 0 Å². The minimum absolute atomic E-state index is 1.04. The van der Waals surface area contributed by atoms with E-state index in [9.17, 15) is 0 Å². The SMILES string of the molecule is C=C(C)/C=C\C(=C)N(C)CCC.CC. The number of rotatable bonds is 5. The third kappa shape index (κ3) is 9.11. The van der Waals surface area contributed by atoms with Crippen molar-refractivity contribution in [3.63, 3.8) is 0 Å². The van der Waals surface area contributed by atoms with Gasteiger partial charge in [0.05, 0.1) is 0 Å². The first-order valence-corrected chi connectivity index (χ1v) is 5.31. The fourth-order valence-corrected chi connectivity index (χ4v) is 0.845. The first-order valence-electron chi connectivity index (χ1n) is 5.31. The fourth-order valence-electron chi connectivity index (χ4n) is 0.845. The Balaban J connectivity index is 0. The minimum Gasteiger partial charge on any atom is -0.375 e. The molecule has 1 nitrogen and oxygen atoms in total. The highest BCUT2D eigenvalue weighted by molar-refractivity contribution is 5.21. The normalized spacial score (nSPS) is 9.21. The van der Waals surface area contributed by atoms with E-state index in [-0.39, 0.29) is 0 Å². The van der Waals surface area contributed by atoms with Crippen LogP contribution in [0.4, 0.5) is 0 Å². The van der Waals surface area contributed by atoms with Crippen LogP contribution in [0.15, 0.2) is 36.6 Å². The topological polar surface area (TPSA) is 3.24 Å². The maximum absolute atomic E-state index is 3.94. The molecule has 0 unspecified atom stereocenters. The molecule has 0 N–H and O–H groups in total. The van der Waals surface area contributed by atoms with Crippen LogP contribution in [0.3, 0.4) is 0 Å². The van der Waals surface area contributed by atoms with Crippen molar-refractivity contribution in [2.75, 3.05) is 13.6 Å². The van der Waals surface area contributed by atoms with Crippen molar-refractivity contribution in [2.45, 2.75) is 34.1 Å². The Hall–Kier alpha value is -0.980. The third-order valence-electron chi connectivity index (χ3n) is 1.61. The van der Waals surface area contributed by atoms with E-state index in [0.717, 1.165) is 24.2 Å². The highest BCUT2D eigenvalue weighted by Gasteiger charge is 1.94. The van der Waals surface area contributed by atoms with Crippen LogP contribution < -0.4 is 0 Å². The molecule has 0 aromatic rings. The summed E-state index contributed by atoms with van der Waals surface area (Å²) in [5, 5.41) is 0. The van der Waals surface area contributed by atoms with Crippen LogP contribution >= 0.6 is 0 Å². The highest BCUT2D eigenvalue weighted by Crippen LogP contribution is 2.02. The lowest BCUT2D eigenvalue weighted by Gasteiger charge is -2.17. The Morgan fingerprint density at radius 1 is 1.21 bits per heavy atom. The van der Waals surface area contributed by atoms with Crippen LogP contribution in [0.25, 0.3) is 0 Å². The molecule has 0 amide bonds. The molecule has 0 rings (SSSR count). The maximum Gasteiger partial charge on any atom is 0.0290 e. The van der Waals surface area contributed by atoms with Gasteiger partial charge in [0.15, 0.2) is 0 Å². The van der Waals surface area contributed by atoms with Gasteiger partial charge >= 0.3 is 0 Å². The Morgan fingerprint density at radius 2 is 1.71 bits per heavy atom. The van der Waals surface area contributed by atoms with Gasteiger partial charge in [-0.3, -0.25) is 0 Å². The number of nitrogens with zero attached hydrogens (tertiary/aromatic N) is 1. The molecule has 0 aliphatic rings. The van der Waals surface area contributed by atoms with Crippen molar-refractivity contribution >= 4 is 0 Å². The van der Waals surface area contributed by atoms with Crippen molar-refractivity contribution in [1.82, 2.24) is 4.90 Å². The van der Waals surface area contributed by atoms with E-state index in [0.29, 0.717) is 0 Å². The van der Waals surface area contributed by atoms with E-state index in [1.54, 1.807) is 0 Å². The maximum atomic E-state index is 3.94. The minimum atomic E-state index is 1.04. The molecule has 0 saturated heterocycles. The van der Waals surface area contributed by atoms with E-state index < -0.39 is 0 Å². The van der Waals surface area contributed by atoms with E-state index >= 15 is 0 Å². The summed E-state index contributed by atoms with van der Waals surface area (Å²) in [5.41, 5.74) is 2.10. The van der Waals surface area contributed by atoms with Gasteiger partial charge in [-0.2, -0.15) is 0 Å². The standard InChI is InChI=1S/C11H19N.C2H6/c1-6-9-12(5)11(4)8-7-10(2)3;1-2/h7-8H,2,4,6,9H2,1,3,5H3;1-2H3/b8-7-;. The molecule has 0 heterocycles. The Morgan fingerprint density at radius 3 is 2.07 bits per heavy atom. The first kappa shape index (κ1) is 15.5. The van der Waals surface area contributed by atoms with Gasteiger partial charge in [0.2, 0.25) is 0 Å². The van der Waals surface area contributed by atoms with Crippen molar-refractivity contribution in [1.29, 1.82) is 0 Å². The van der Waals surface area contributed by atoms with Gasteiger partial charge in [-0.25, -0.2) is 0 Å². The molecule has 0 aliphatic heterocycles. The second-order valence-electron chi connectivity index (χ2n) is 3.09. The molecule has 0 fully saturated rings. The summed E-state index contributed by atoms with van der Waals surface area (Å²) in [7, 11) is 2.05. The van der Waals surface area contributed by atoms with Crippen LogP contribution in [0.2, 0.25) is 0 Å². The summed E-state index contributed by atoms with van der Waals surface area (Å²) >= 11 is 0. The summed E-state index contributed by atoms with van der Waals surface area (Å²) in [6.45, 7) is 16.9. The third-order valence-corrected chi connectivity index (χ3v) is 1.61. The van der Waals surface area contributed by atoms with E-state index in [2.05, 4.69) is 32.0 Å². The van der Waals surface area contributed by atoms with E-state index in [4.69, 9.17) is 0 Å². The predicted octanol–water partition coefficient (Wildman–Crippen LogP) is 4.00. The second-order valence-corrected chi connectivity index (χ2v) is 3.09. The number of likely N-dealkylation sites (N-methyl/N-ethyl adjacent to an activating group) is 1. The van der Waals surface area contributed by atoms with Gasteiger partial charge in [0.25, 0.3) is 0 Å². The van der Waals surface area contributed by atoms with Gasteiger partial charge in [-0.1, -0.05) is 45.6 Å². The number of hydrogen-bond acceptors (Lipinski definition) is 1. The lowest BCUT2D eigenvalue weighted by molar-refractivity contribution is 0.431. The van der Waals surface area contributed by atoms with Gasteiger partial charge < -0.3 is 4.90 Å². The van der Waals surface area contributed by atoms with Crippen LogP contribution in [0, 0.1) is 0 Å². The summed E-state index contributed by atoms with van der Waals surface area (Å²) in [4.78, 5) is 2.14.